The molecule has 0 unspecified atom stereocenters. The van der Waals surface area contributed by atoms with E-state index in [1.807, 2.05) is 23.0 Å². The van der Waals surface area contributed by atoms with Gasteiger partial charge in [0.1, 0.15) is 5.75 Å². The molecule has 0 aliphatic rings. The summed E-state index contributed by atoms with van der Waals surface area (Å²) in [5, 5.41) is 45.9. The Morgan fingerprint density at radius 2 is 1.11 bits per heavy atom. The van der Waals surface area contributed by atoms with Crippen LogP contribution in [-0.4, -0.2) is 41.3 Å². The molecule has 0 saturated heterocycles. The van der Waals surface area contributed by atoms with Crippen molar-refractivity contribution in [2.45, 2.75) is 113 Å². The molecule has 0 spiro atoms. The number of benzene rings is 1. The number of aromatic nitrogens is 2. The zero-order valence-electron chi connectivity index (χ0n) is 24.2. The van der Waals surface area contributed by atoms with Crippen molar-refractivity contribution in [1.29, 1.82) is 0 Å². The fraction of sp³-hybridized carbons (Fsp3) is 0.667. The minimum atomic E-state index is -0.417. The first-order valence-electron chi connectivity index (χ1n) is 12.1. The third-order valence-corrected chi connectivity index (χ3v) is 3.04. The van der Waals surface area contributed by atoms with E-state index in [0.29, 0.717) is 6.04 Å². The van der Waals surface area contributed by atoms with Crippen LogP contribution in [0.15, 0.2) is 36.5 Å². The summed E-state index contributed by atoms with van der Waals surface area (Å²) in [6.07, 6.45) is 0.185. The molecule has 0 fully saturated rings. The summed E-state index contributed by atoms with van der Waals surface area (Å²) in [5.41, 5.74) is 2.46. The Kier molecular flexibility index (Phi) is 31.2. The average molecular weight is 544 g/mol. The molecule has 0 saturated carbocycles. The molecule has 0 amide bonds. The van der Waals surface area contributed by atoms with Gasteiger partial charge in [-0.05, 0) is 37.6 Å². The average Bonchev–Trinajstić information content (AvgIpc) is 3.16. The topological polar surface area (TPSA) is 131 Å². The first-order chi connectivity index (χ1) is 16.1. The van der Waals surface area contributed by atoms with E-state index in [9.17, 15) is 20.4 Å². The van der Waals surface area contributed by atoms with Gasteiger partial charge in [-0.25, -0.2) is 0 Å². The number of rotatable bonds is 6. The molecule has 1 aromatic carbocycles. The van der Waals surface area contributed by atoms with E-state index in [1.54, 1.807) is 62.5 Å². The van der Waals surface area contributed by atoms with Crippen molar-refractivity contribution in [2.75, 3.05) is 7.11 Å². The summed E-state index contributed by atoms with van der Waals surface area (Å²) in [4.78, 5) is 0. The van der Waals surface area contributed by atoms with Gasteiger partial charge >= 0.3 is 21.7 Å². The van der Waals surface area contributed by atoms with Gasteiger partial charge in [0.2, 0.25) is 0 Å². The van der Waals surface area contributed by atoms with E-state index in [2.05, 4.69) is 42.5 Å². The van der Waals surface area contributed by atoms with E-state index >= 15 is 0 Å². The van der Waals surface area contributed by atoms with Crippen LogP contribution in [-0.2, 0) is 34.8 Å². The van der Waals surface area contributed by atoms with Crippen LogP contribution in [0.5, 0.6) is 5.75 Å². The summed E-state index contributed by atoms with van der Waals surface area (Å²) in [6.45, 7) is 18.8. The van der Waals surface area contributed by atoms with Gasteiger partial charge in [-0.1, -0.05) is 67.5 Å². The third kappa shape index (κ3) is 34.9. The SMILES string of the molecule is CC(C)[O-].CC(C)[O-].CC(C)[O-].CC(C)[O-].COc1ccc(CNCc2ccnn2C(C)C)cc1.[Ti+4]. The second kappa shape index (κ2) is 26.8. The van der Waals surface area contributed by atoms with Gasteiger partial charge in [-0.3, -0.25) is 4.68 Å². The standard InChI is InChI=1S/C15H21N3O.4C3H7O.Ti/c1-12(2)18-14(8-9-17-18)11-16-10-13-4-6-15(19-3)7-5-13;4*1-3(2)4;/h4-9,12,16H,10-11H2,1-3H3;4*3H,1-2H3;/q;4*-1;+4. The van der Waals surface area contributed by atoms with Gasteiger partial charge in [0.15, 0.2) is 0 Å². The minimum Gasteiger partial charge on any atom is -0.852 e. The van der Waals surface area contributed by atoms with Gasteiger partial charge in [-0.15, -0.1) is 24.4 Å². The Hall–Kier alpha value is -1.26. The monoisotopic (exact) mass is 543 g/mol. The minimum absolute atomic E-state index is 0. The van der Waals surface area contributed by atoms with E-state index in [1.165, 1.54) is 11.3 Å². The van der Waals surface area contributed by atoms with Crippen LogP contribution in [0.3, 0.4) is 0 Å². The van der Waals surface area contributed by atoms with Crippen LogP contribution in [0, 0.1) is 0 Å². The van der Waals surface area contributed by atoms with Gasteiger partial charge in [0.25, 0.3) is 0 Å². The van der Waals surface area contributed by atoms with Crippen molar-refractivity contribution in [3.63, 3.8) is 0 Å². The van der Waals surface area contributed by atoms with Gasteiger partial charge in [0, 0.05) is 25.3 Å². The molecule has 1 N–H and O–H groups in total. The smallest absolute Gasteiger partial charge is 0.852 e. The van der Waals surface area contributed by atoms with Crippen LogP contribution < -0.4 is 30.5 Å². The first kappa shape index (κ1) is 41.9. The maximum atomic E-state index is 9.53. The molecule has 1 aromatic heterocycles. The molecule has 0 aliphatic carbocycles. The second-order valence-electron chi connectivity index (χ2n) is 9.01. The Morgan fingerprint density at radius 1 is 0.722 bits per heavy atom. The van der Waals surface area contributed by atoms with Crippen LogP contribution in [0.1, 0.15) is 86.5 Å². The molecular weight excluding hydrogens is 494 g/mol. The molecule has 0 atom stereocenters. The molecule has 1 heterocycles. The van der Waals surface area contributed by atoms with Crippen LogP contribution in [0.25, 0.3) is 0 Å². The molecule has 206 valence electrons. The van der Waals surface area contributed by atoms with Crippen molar-refractivity contribution in [3.8, 4) is 5.75 Å². The Morgan fingerprint density at radius 3 is 1.44 bits per heavy atom. The van der Waals surface area contributed by atoms with Gasteiger partial charge < -0.3 is 30.5 Å². The zero-order valence-corrected chi connectivity index (χ0v) is 25.8. The number of hydrogen-bond donors (Lipinski definition) is 1. The maximum Gasteiger partial charge on any atom is 4.00 e. The molecule has 9 heteroatoms. The van der Waals surface area contributed by atoms with E-state index in [4.69, 9.17) is 4.74 Å². The molecule has 0 radical (unpaired) electrons. The normalized spacial score (nSPS) is 9.78. The predicted octanol–water partition coefficient (Wildman–Crippen LogP) is 1.78. The molecule has 2 rings (SSSR count). The molecule has 36 heavy (non-hydrogen) atoms. The Bertz CT molecular complexity index is 656. The largest absolute Gasteiger partial charge is 4.00 e. The third-order valence-electron chi connectivity index (χ3n) is 3.04. The molecule has 0 bridgehead atoms. The summed E-state index contributed by atoms with van der Waals surface area (Å²) in [6, 6.07) is 10.6. The number of hydrogen-bond acceptors (Lipinski definition) is 7. The van der Waals surface area contributed by atoms with Crippen LogP contribution in [0.2, 0.25) is 0 Å². The molecule has 8 nitrogen and oxygen atoms in total. The maximum absolute atomic E-state index is 9.53. The van der Waals surface area contributed by atoms with Crippen LogP contribution in [0.4, 0.5) is 0 Å². The quantitative estimate of drug-likeness (QED) is 0.550. The van der Waals surface area contributed by atoms with Crippen molar-refractivity contribution in [1.82, 2.24) is 15.1 Å². The van der Waals surface area contributed by atoms with Gasteiger partial charge in [0.05, 0.1) is 12.8 Å². The fourth-order valence-electron chi connectivity index (χ4n) is 2.02. The van der Waals surface area contributed by atoms with Crippen molar-refractivity contribution in [2.24, 2.45) is 0 Å². The Labute approximate surface area is 235 Å². The fourth-order valence-corrected chi connectivity index (χ4v) is 2.02. The Balaban J connectivity index is -0.000000248. The van der Waals surface area contributed by atoms with Crippen molar-refractivity contribution in [3.05, 3.63) is 47.8 Å². The number of methoxy groups -OCH3 is 1. The van der Waals surface area contributed by atoms with Gasteiger partial charge in [-0.2, -0.15) is 5.10 Å². The summed E-state index contributed by atoms with van der Waals surface area (Å²) >= 11 is 0. The molecule has 0 aliphatic heterocycles. The number of nitrogens with zero attached hydrogens (tertiary/aromatic N) is 2. The van der Waals surface area contributed by atoms with E-state index < -0.39 is 24.4 Å². The summed E-state index contributed by atoms with van der Waals surface area (Å²) in [7, 11) is 1.68. The van der Waals surface area contributed by atoms with Crippen LogP contribution >= 0.6 is 0 Å². The van der Waals surface area contributed by atoms with E-state index in [-0.39, 0.29) is 21.7 Å². The second-order valence-corrected chi connectivity index (χ2v) is 9.01. The summed E-state index contributed by atoms with van der Waals surface area (Å²) in [5.74, 6) is 0.890. The molecule has 2 aromatic rings. The first-order valence-corrected chi connectivity index (χ1v) is 12.1. The van der Waals surface area contributed by atoms with Crippen molar-refractivity contribution < 1.29 is 46.9 Å². The number of nitrogens with one attached hydrogen (secondary N) is 1. The molecular formula is C27H49N3O5Ti. The zero-order chi connectivity index (χ0) is 28.0. The summed E-state index contributed by atoms with van der Waals surface area (Å²) < 4.78 is 7.19. The van der Waals surface area contributed by atoms with E-state index in [0.717, 1.165) is 18.8 Å². The predicted molar refractivity (Wildman–Crippen MR) is 137 cm³/mol. The van der Waals surface area contributed by atoms with Crippen molar-refractivity contribution >= 4 is 0 Å². The number of ether oxygens (including phenoxy) is 1.